The highest BCUT2D eigenvalue weighted by atomic mass is 32.1. The number of aromatic nitrogens is 2. The fourth-order valence-corrected chi connectivity index (χ4v) is 2.53. The predicted octanol–water partition coefficient (Wildman–Crippen LogP) is 2.77. The second kappa shape index (κ2) is 3.57. The lowest BCUT2D eigenvalue weighted by Crippen LogP contribution is -2.03. The van der Waals surface area contributed by atoms with Crippen molar-refractivity contribution in [1.82, 2.24) is 9.97 Å². The molecule has 0 spiro atoms. The summed E-state index contributed by atoms with van der Waals surface area (Å²) in [5, 5.41) is 8.47. The number of pyridine rings is 1. The molecule has 0 aliphatic carbocycles. The smallest absolute Gasteiger partial charge is 0.140 e. The SMILES string of the molecule is N=c1cccc(-c2nc3ccccc3s2)[nH]1. The average molecular weight is 227 g/mol. The van der Waals surface area contributed by atoms with Crippen LogP contribution in [0, 0.1) is 5.41 Å². The van der Waals surface area contributed by atoms with E-state index in [1.54, 1.807) is 17.4 Å². The first-order chi connectivity index (χ1) is 7.83. The van der Waals surface area contributed by atoms with E-state index in [1.165, 1.54) is 4.70 Å². The van der Waals surface area contributed by atoms with Crippen molar-refractivity contribution in [3.05, 3.63) is 48.0 Å². The summed E-state index contributed by atoms with van der Waals surface area (Å²) in [6.07, 6.45) is 0. The van der Waals surface area contributed by atoms with Gasteiger partial charge in [-0.15, -0.1) is 11.3 Å². The van der Waals surface area contributed by atoms with Crippen LogP contribution in [0.3, 0.4) is 0 Å². The Hall–Kier alpha value is -1.94. The van der Waals surface area contributed by atoms with Gasteiger partial charge in [-0.3, -0.25) is 5.41 Å². The molecule has 78 valence electrons. The van der Waals surface area contributed by atoms with Gasteiger partial charge in [0.25, 0.3) is 0 Å². The maximum absolute atomic E-state index is 7.54. The van der Waals surface area contributed by atoms with Crippen LogP contribution < -0.4 is 5.49 Å². The minimum absolute atomic E-state index is 0.400. The highest BCUT2D eigenvalue weighted by Gasteiger charge is 2.05. The van der Waals surface area contributed by atoms with Crippen molar-refractivity contribution in [3.8, 4) is 10.7 Å². The van der Waals surface area contributed by atoms with Crippen LogP contribution in [0.15, 0.2) is 42.5 Å². The van der Waals surface area contributed by atoms with Gasteiger partial charge in [0.15, 0.2) is 0 Å². The maximum atomic E-state index is 7.54. The quantitative estimate of drug-likeness (QED) is 0.660. The number of hydrogen-bond acceptors (Lipinski definition) is 3. The third-order valence-corrected chi connectivity index (χ3v) is 3.39. The van der Waals surface area contributed by atoms with Crippen molar-refractivity contribution in [2.45, 2.75) is 0 Å². The fourth-order valence-electron chi connectivity index (χ4n) is 1.58. The Morgan fingerprint density at radius 2 is 1.94 bits per heavy atom. The molecule has 0 atom stereocenters. The van der Waals surface area contributed by atoms with Crippen LogP contribution in [-0.4, -0.2) is 9.97 Å². The van der Waals surface area contributed by atoms with Crippen molar-refractivity contribution in [1.29, 1.82) is 5.41 Å². The van der Waals surface area contributed by atoms with Gasteiger partial charge in [-0.05, 0) is 24.3 Å². The van der Waals surface area contributed by atoms with Gasteiger partial charge in [-0.2, -0.15) is 0 Å². The number of rotatable bonds is 1. The molecule has 4 heteroatoms. The molecule has 0 aliphatic rings. The summed E-state index contributed by atoms with van der Waals surface area (Å²) in [6.45, 7) is 0. The molecule has 2 heterocycles. The Labute approximate surface area is 95.9 Å². The predicted molar refractivity (Wildman–Crippen MR) is 65.3 cm³/mol. The molecule has 3 nitrogen and oxygen atoms in total. The van der Waals surface area contributed by atoms with Crippen LogP contribution in [0.1, 0.15) is 0 Å². The van der Waals surface area contributed by atoms with Crippen LogP contribution in [0.2, 0.25) is 0 Å². The molecule has 0 bridgehead atoms. The maximum Gasteiger partial charge on any atom is 0.140 e. The Bertz CT molecular complexity index is 663. The van der Waals surface area contributed by atoms with Gasteiger partial charge in [-0.1, -0.05) is 18.2 Å². The van der Waals surface area contributed by atoms with E-state index in [0.717, 1.165) is 16.2 Å². The molecule has 0 aliphatic heterocycles. The highest BCUT2D eigenvalue weighted by molar-refractivity contribution is 7.21. The van der Waals surface area contributed by atoms with E-state index in [2.05, 4.69) is 16.0 Å². The third kappa shape index (κ3) is 1.53. The summed E-state index contributed by atoms with van der Waals surface area (Å²) in [6, 6.07) is 13.6. The van der Waals surface area contributed by atoms with Crippen molar-refractivity contribution in [2.75, 3.05) is 0 Å². The molecule has 0 radical (unpaired) electrons. The van der Waals surface area contributed by atoms with Gasteiger partial charge in [0, 0.05) is 0 Å². The van der Waals surface area contributed by atoms with Crippen molar-refractivity contribution >= 4 is 21.6 Å². The first-order valence-electron chi connectivity index (χ1n) is 4.93. The van der Waals surface area contributed by atoms with E-state index in [0.29, 0.717) is 5.49 Å². The topological polar surface area (TPSA) is 52.5 Å². The fraction of sp³-hybridized carbons (Fsp3) is 0. The number of benzene rings is 1. The van der Waals surface area contributed by atoms with Crippen LogP contribution in [0.25, 0.3) is 20.9 Å². The molecular weight excluding hydrogens is 218 g/mol. The summed E-state index contributed by atoms with van der Waals surface area (Å²) in [7, 11) is 0. The molecule has 2 aromatic heterocycles. The summed E-state index contributed by atoms with van der Waals surface area (Å²) < 4.78 is 1.17. The zero-order valence-electron chi connectivity index (χ0n) is 8.40. The first kappa shape index (κ1) is 9.30. The van der Waals surface area contributed by atoms with E-state index in [4.69, 9.17) is 5.41 Å². The third-order valence-electron chi connectivity index (χ3n) is 2.32. The molecule has 0 amide bonds. The van der Waals surface area contributed by atoms with E-state index >= 15 is 0 Å². The lowest BCUT2D eigenvalue weighted by atomic mass is 10.3. The Balaban J connectivity index is 2.23. The average Bonchev–Trinajstić information content (AvgIpc) is 2.72. The zero-order valence-corrected chi connectivity index (χ0v) is 9.21. The standard InChI is InChI=1S/C12H9N3S/c13-11-7-3-5-9(14-11)12-15-8-4-1-2-6-10(8)16-12/h1-7H,(H2,13,14). The summed E-state index contributed by atoms with van der Waals surface area (Å²) in [5.41, 5.74) is 2.30. The van der Waals surface area contributed by atoms with E-state index in [1.807, 2.05) is 30.3 Å². The molecule has 3 aromatic rings. The van der Waals surface area contributed by atoms with Crippen molar-refractivity contribution < 1.29 is 0 Å². The van der Waals surface area contributed by atoms with Crippen molar-refractivity contribution in [3.63, 3.8) is 0 Å². The Kier molecular flexibility index (Phi) is 2.08. The van der Waals surface area contributed by atoms with Gasteiger partial charge in [-0.25, -0.2) is 4.98 Å². The Morgan fingerprint density at radius 3 is 2.75 bits per heavy atom. The lowest BCUT2D eigenvalue weighted by Gasteiger charge is -1.94. The van der Waals surface area contributed by atoms with Crippen LogP contribution in [-0.2, 0) is 0 Å². The Morgan fingerprint density at radius 1 is 1.06 bits per heavy atom. The van der Waals surface area contributed by atoms with Gasteiger partial charge in [0.05, 0.1) is 15.9 Å². The molecule has 0 unspecified atom stereocenters. The van der Waals surface area contributed by atoms with Crippen LogP contribution >= 0.6 is 11.3 Å². The number of fused-ring (bicyclic) bond motifs is 1. The van der Waals surface area contributed by atoms with E-state index < -0.39 is 0 Å². The number of hydrogen-bond donors (Lipinski definition) is 2. The number of H-pyrrole nitrogens is 1. The summed E-state index contributed by atoms with van der Waals surface area (Å²) in [4.78, 5) is 7.53. The molecule has 16 heavy (non-hydrogen) atoms. The van der Waals surface area contributed by atoms with Crippen LogP contribution in [0.4, 0.5) is 0 Å². The monoisotopic (exact) mass is 227 g/mol. The number of para-hydroxylation sites is 1. The van der Waals surface area contributed by atoms with E-state index in [9.17, 15) is 0 Å². The van der Waals surface area contributed by atoms with Crippen molar-refractivity contribution in [2.24, 2.45) is 0 Å². The molecule has 0 saturated carbocycles. The molecule has 0 saturated heterocycles. The largest absolute Gasteiger partial charge is 0.338 e. The minimum atomic E-state index is 0.400. The molecular formula is C12H9N3S. The van der Waals surface area contributed by atoms with E-state index in [-0.39, 0.29) is 0 Å². The van der Waals surface area contributed by atoms with Gasteiger partial charge in [0.1, 0.15) is 10.5 Å². The van der Waals surface area contributed by atoms with Gasteiger partial charge < -0.3 is 4.98 Å². The highest BCUT2D eigenvalue weighted by Crippen LogP contribution is 2.27. The second-order valence-electron chi connectivity index (χ2n) is 3.46. The molecule has 1 aromatic carbocycles. The second-order valence-corrected chi connectivity index (χ2v) is 4.50. The molecule has 0 fully saturated rings. The summed E-state index contributed by atoms with van der Waals surface area (Å²) >= 11 is 1.63. The van der Waals surface area contributed by atoms with Gasteiger partial charge in [0.2, 0.25) is 0 Å². The first-order valence-corrected chi connectivity index (χ1v) is 5.74. The number of nitrogens with zero attached hydrogens (tertiary/aromatic N) is 1. The van der Waals surface area contributed by atoms with Gasteiger partial charge >= 0.3 is 0 Å². The lowest BCUT2D eigenvalue weighted by molar-refractivity contribution is 1.10. The number of thiazole rings is 1. The molecule has 3 rings (SSSR count). The normalized spacial score (nSPS) is 10.8. The number of nitrogens with one attached hydrogen (secondary N) is 2. The summed E-state index contributed by atoms with van der Waals surface area (Å²) in [5.74, 6) is 0. The zero-order chi connectivity index (χ0) is 11.0. The molecule has 2 N–H and O–H groups in total. The number of aromatic amines is 1. The van der Waals surface area contributed by atoms with Crippen LogP contribution in [0.5, 0.6) is 0 Å². The minimum Gasteiger partial charge on any atom is -0.338 e.